The SMILES string of the molecule is NC(=O)Cc1csc(NC(=O)C2CCN(C(=O)c3ccc(Br)cc3)CC2)n1. The van der Waals surface area contributed by atoms with Crippen LogP contribution in [0.15, 0.2) is 34.1 Å². The van der Waals surface area contributed by atoms with E-state index in [9.17, 15) is 14.4 Å². The van der Waals surface area contributed by atoms with Gasteiger partial charge in [0.15, 0.2) is 5.13 Å². The van der Waals surface area contributed by atoms with Gasteiger partial charge in [-0.05, 0) is 37.1 Å². The number of carbonyl (C=O) groups is 3. The first-order valence-electron chi connectivity index (χ1n) is 8.51. The third-order valence-corrected chi connectivity index (χ3v) is 5.72. The molecule has 9 heteroatoms. The molecule has 142 valence electrons. The molecule has 0 unspecified atom stereocenters. The molecule has 3 amide bonds. The van der Waals surface area contributed by atoms with Crippen LogP contribution in [0.5, 0.6) is 0 Å². The van der Waals surface area contributed by atoms with Crippen LogP contribution in [-0.2, 0) is 16.0 Å². The molecule has 0 aliphatic carbocycles. The first-order valence-corrected chi connectivity index (χ1v) is 10.2. The summed E-state index contributed by atoms with van der Waals surface area (Å²) in [4.78, 5) is 41.9. The third-order valence-electron chi connectivity index (χ3n) is 4.38. The van der Waals surface area contributed by atoms with Crippen molar-refractivity contribution >= 4 is 50.1 Å². The van der Waals surface area contributed by atoms with E-state index in [2.05, 4.69) is 26.2 Å². The highest BCUT2D eigenvalue weighted by Gasteiger charge is 2.28. The maximum atomic E-state index is 12.5. The van der Waals surface area contributed by atoms with E-state index in [1.54, 1.807) is 22.4 Å². The topological polar surface area (TPSA) is 105 Å². The van der Waals surface area contributed by atoms with Crippen molar-refractivity contribution in [1.82, 2.24) is 9.88 Å². The molecule has 3 rings (SSSR count). The number of nitrogens with zero attached hydrogens (tertiary/aromatic N) is 2. The Bertz CT molecular complexity index is 845. The first kappa shape index (κ1) is 19.5. The number of halogens is 1. The molecular formula is C18H19BrN4O3S. The van der Waals surface area contributed by atoms with Gasteiger partial charge < -0.3 is 16.0 Å². The second kappa shape index (κ2) is 8.62. The van der Waals surface area contributed by atoms with Crippen LogP contribution in [0, 0.1) is 5.92 Å². The van der Waals surface area contributed by atoms with Crippen LogP contribution in [0.4, 0.5) is 5.13 Å². The highest BCUT2D eigenvalue weighted by Crippen LogP contribution is 2.23. The lowest BCUT2D eigenvalue weighted by Crippen LogP contribution is -2.41. The lowest BCUT2D eigenvalue weighted by molar-refractivity contribution is -0.121. The Kier molecular flexibility index (Phi) is 6.22. The number of hydrogen-bond donors (Lipinski definition) is 2. The number of primary amides is 1. The van der Waals surface area contributed by atoms with Gasteiger partial charge in [0.25, 0.3) is 5.91 Å². The number of rotatable bonds is 5. The van der Waals surface area contributed by atoms with E-state index < -0.39 is 5.91 Å². The fourth-order valence-electron chi connectivity index (χ4n) is 2.95. The second-order valence-electron chi connectivity index (χ2n) is 6.35. The Balaban J connectivity index is 1.51. The molecule has 0 saturated carbocycles. The van der Waals surface area contributed by atoms with Crippen molar-refractivity contribution in [3.8, 4) is 0 Å². The normalized spacial score (nSPS) is 14.8. The van der Waals surface area contributed by atoms with Crippen LogP contribution in [0.2, 0.25) is 0 Å². The molecule has 3 N–H and O–H groups in total. The van der Waals surface area contributed by atoms with Crippen molar-refractivity contribution in [3.63, 3.8) is 0 Å². The highest BCUT2D eigenvalue weighted by atomic mass is 79.9. The lowest BCUT2D eigenvalue weighted by Gasteiger charge is -2.31. The zero-order chi connectivity index (χ0) is 19.4. The fourth-order valence-corrected chi connectivity index (χ4v) is 3.93. The van der Waals surface area contributed by atoms with Crippen LogP contribution in [0.1, 0.15) is 28.9 Å². The molecule has 7 nitrogen and oxygen atoms in total. The van der Waals surface area contributed by atoms with Gasteiger partial charge in [0.2, 0.25) is 11.8 Å². The molecule has 1 aromatic carbocycles. The molecule has 0 spiro atoms. The maximum Gasteiger partial charge on any atom is 0.253 e. The summed E-state index contributed by atoms with van der Waals surface area (Å²) < 4.78 is 0.926. The van der Waals surface area contributed by atoms with E-state index in [0.717, 1.165) is 4.47 Å². The van der Waals surface area contributed by atoms with Crippen molar-refractivity contribution in [1.29, 1.82) is 0 Å². The predicted molar refractivity (Wildman–Crippen MR) is 106 cm³/mol. The molecule has 1 aliphatic rings. The van der Waals surface area contributed by atoms with E-state index in [1.807, 2.05) is 12.1 Å². The number of aromatic nitrogens is 1. The van der Waals surface area contributed by atoms with Crippen molar-refractivity contribution in [2.75, 3.05) is 18.4 Å². The summed E-state index contributed by atoms with van der Waals surface area (Å²) in [6.07, 6.45) is 1.27. The number of piperidine rings is 1. The lowest BCUT2D eigenvalue weighted by atomic mass is 9.95. The quantitative estimate of drug-likeness (QED) is 0.729. The zero-order valence-corrected chi connectivity index (χ0v) is 16.9. The Labute approximate surface area is 169 Å². The van der Waals surface area contributed by atoms with Gasteiger partial charge in [-0.2, -0.15) is 0 Å². The predicted octanol–water partition coefficient (Wildman–Crippen LogP) is 2.42. The van der Waals surface area contributed by atoms with Crippen LogP contribution in [0.3, 0.4) is 0 Å². The van der Waals surface area contributed by atoms with Crippen LogP contribution < -0.4 is 11.1 Å². The number of nitrogens with two attached hydrogens (primary N) is 1. The Hall–Kier alpha value is -2.26. The number of hydrogen-bond acceptors (Lipinski definition) is 5. The minimum atomic E-state index is -0.457. The third kappa shape index (κ3) is 5.14. The van der Waals surface area contributed by atoms with Gasteiger partial charge in [-0.25, -0.2) is 4.98 Å². The molecule has 2 heterocycles. The van der Waals surface area contributed by atoms with Gasteiger partial charge >= 0.3 is 0 Å². The number of thiazole rings is 1. The monoisotopic (exact) mass is 450 g/mol. The summed E-state index contributed by atoms with van der Waals surface area (Å²) >= 11 is 4.63. The highest BCUT2D eigenvalue weighted by molar-refractivity contribution is 9.10. The van der Waals surface area contributed by atoms with Gasteiger partial charge in [-0.3, -0.25) is 14.4 Å². The van der Waals surface area contributed by atoms with Crippen molar-refractivity contribution in [2.24, 2.45) is 11.7 Å². The standard InChI is InChI=1S/C18H19BrN4O3S/c19-13-3-1-12(2-4-13)17(26)23-7-5-11(6-8-23)16(25)22-18-21-14(10-27-18)9-15(20)24/h1-4,10-11H,5-9H2,(H2,20,24)(H,21,22,25). The van der Waals surface area contributed by atoms with Crippen molar-refractivity contribution in [2.45, 2.75) is 19.3 Å². The minimum absolute atomic E-state index is 0.0163. The summed E-state index contributed by atoms with van der Waals surface area (Å²) in [5.41, 5.74) is 6.34. The van der Waals surface area contributed by atoms with Gasteiger partial charge in [0.05, 0.1) is 12.1 Å². The van der Waals surface area contributed by atoms with Gasteiger partial charge in [0, 0.05) is 34.4 Å². The fraction of sp³-hybridized carbons (Fsp3) is 0.333. The van der Waals surface area contributed by atoms with E-state index in [0.29, 0.717) is 42.3 Å². The van der Waals surface area contributed by atoms with Gasteiger partial charge in [-0.15, -0.1) is 11.3 Å². The zero-order valence-electron chi connectivity index (χ0n) is 14.5. The molecule has 1 saturated heterocycles. The Morgan fingerprint density at radius 1 is 1.22 bits per heavy atom. The number of likely N-dealkylation sites (tertiary alicyclic amines) is 1. The average Bonchev–Trinajstić information content (AvgIpc) is 3.08. The molecular weight excluding hydrogens is 432 g/mol. The van der Waals surface area contributed by atoms with Crippen LogP contribution in [0.25, 0.3) is 0 Å². The number of carbonyl (C=O) groups excluding carboxylic acids is 3. The molecule has 1 aliphatic heterocycles. The number of amides is 3. The van der Waals surface area contributed by atoms with E-state index >= 15 is 0 Å². The smallest absolute Gasteiger partial charge is 0.253 e. The molecule has 1 aromatic heterocycles. The summed E-state index contributed by atoms with van der Waals surface area (Å²) in [5.74, 6) is -0.744. The summed E-state index contributed by atoms with van der Waals surface area (Å²) in [6.45, 7) is 1.08. The van der Waals surface area contributed by atoms with Crippen LogP contribution in [-0.4, -0.2) is 40.7 Å². The molecule has 0 radical (unpaired) electrons. The number of anilines is 1. The maximum absolute atomic E-state index is 12.5. The van der Waals surface area contributed by atoms with E-state index in [1.165, 1.54) is 11.3 Å². The molecule has 0 bridgehead atoms. The van der Waals surface area contributed by atoms with Crippen molar-refractivity contribution in [3.05, 3.63) is 45.4 Å². The summed E-state index contributed by atoms with van der Waals surface area (Å²) in [5, 5.41) is 4.97. The number of benzene rings is 1. The Morgan fingerprint density at radius 2 is 1.89 bits per heavy atom. The van der Waals surface area contributed by atoms with Crippen LogP contribution >= 0.6 is 27.3 Å². The second-order valence-corrected chi connectivity index (χ2v) is 8.12. The first-order chi connectivity index (χ1) is 12.9. The van der Waals surface area contributed by atoms with E-state index in [4.69, 9.17) is 5.73 Å². The molecule has 2 aromatic rings. The molecule has 0 atom stereocenters. The molecule has 27 heavy (non-hydrogen) atoms. The minimum Gasteiger partial charge on any atom is -0.369 e. The van der Waals surface area contributed by atoms with Gasteiger partial charge in [0.1, 0.15) is 0 Å². The summed E-state index contributed by atoms with van der Waals surface area (Å²) in [6, 6.07) is 7.26. The Morgan fingerprint density at radius 3 is 2.52 bits per heavy atom. The van der Waals surface area contributed by atoms with Crippen molar-refractivity contribution < 1.29 is 14.4 Å². The largest absolute Gasteiger partial charge is 0.369 e. The molecule has 1 fully saturated rings. The summed E-state index contributed by atoms with van der Waals surface area (Å²) in [7, 11) is 0. The average molecular weight is 451 g/mol. The number of nitrogens with one attached hydrogen (secondary N) is 1. The van der Waals surface area contributed by atoms with Gasteiger partial charge in [-0.1, -0.05) is 15.9 Å². The van der Waals surface area contributed by atoms with E-state index in [-0.39, 0.29) is 24.2 Å².